The van der Waals surface area contributed by atoms with Crippen molar-refractivity contribution in [1.82, 2.24) is 15.4 Å². The highest BCUT2D eigenvalue weighted by Gasteiger charge is 2.09. The Balaban J connectivity index is 0.00000220. The monoisotopic (exact) mass is 404 g/mol. The highest BCUT2D eigenvalue weighted by molar-refractivity contribution is 14.0. The van der Waals surface area contributed by atoms with Gasteiger partial charge in [-0.05, 0) is 32.1 Å². The Kier molecular flexibility index (Phi) is 8.41. The first-order valence-corrected chi connectivity index (χ1v) is 7.28. The van der Waals surface area contributed by atoms with E-state index < -0.39 is 0 Å². The van der Waals surface area contributed by atoms with Crippen molar-refractivity contribution in [1.29, 1.82) is 0 Å². The molecule has 0 amide bonds. The zero-order valence-electron chi connectivity index (χ0n) is 12.8. The van der Waals surface area contributed by atoms with E-state index in [1.54, 1.807) is 11.8 Å². The van der Waals surface area contributed by atoms with E-state index in [-0.39, 0.29) is 24.0 Å². The molecule has 1 aliphatic rings. The van der Waals surface area contributed by atoms with Crippen LogP contribution in [0, 0.1) is 0 Å². The van der Waals surface area contributed by atoms with Gasteiger partial charge in [0.2, 0.25) is 0 Å². The number of nitrogens with zero attached hydrogens (tertiary/aromatic N) is 3. The second kappa shape index (κ2) is 9.81. The molecule has 0 fully saturated rings. The summed E-state index contributed by atoms with van der Waals surface area (Å²) in [7, 11) is 3.81. The summed E-state index contributed by atoms with van der Waals surface area (Å²) in [6.07, 6.45) is 10.3. The molecule has 1 aromatic rings. The van der Waals surface area contributed by atoms with Gasteiger partial charge in [0.25, 0.3) is 0 Å². The van der Waals surface area contributed by atoms with Crippen molar-refractivity contribution in [3.8, 4) is 0 Å². The van der Waals surface area contributed by atoms with Crippen LogP contribution >= 0.6 is 24.0 Å². The van der Waals surface area contributed by atoms with Crippen molar-refractivity contribution in [3.05, 3.63) is 29.7 Å². The van der Waals surface area contributed by atoms with Crippen molar-refractivity contribution in [3.63, 3.8) is 0 Å². The summed E-state index contributed by atoms with van der Waals surface area (Å²) < 4.78 is 4.84. The molecule has 1 aliphatic carbocycles. The minimum absolute atomic E-state index is 0. The Hall–Kier alpha value is -1.05. The van der Waals surface area contributed by atoms with E-state index in [1.165, 1.54) is 25.7 Å². The summed E-state index contributed by atoms with van der Waals surface area (Å²) in [5, 5.41) is 7.32. The van der Waals surface area contributed by atoms with Gasteiger partial charge in [-0.3, -0.25) is 4.99 Å². The summed E-state index contributed by atoms with van der Waals surface area (Å²) >= 11 is 0. The third-order valence-corrected chi connectivity index (χ3v) is 3.58. The Morgan fingerprint density at radius 3 is 2.95 bits per heavy atom. The van der Waals surface area contributed by atoms with Gasteiger partial charge in [-0.1, -0.05) is 16.8 Å². The van der Waals surface area contributed by atoms with Gasteiger partial charge in [-0.25, -0.2) is 0 Å². The molecule has 1 N–H and O–H groups in total. The molecule has 21 heavy (non-hydrogen) atoms. The quantitative estimate of drug-likeness (QED) is 0.355. The number of hydrogen-bond acceptors (Lipinski definition) is 3. The topological polar surface area (TPSA) is 53.7 Å². The van der Waals surface area contributed by atoms with Gasteiger partial charge in [0.1, 0.15) is 12.0 Å². The first kappa shape index (κ1) is 18.0. The summed E-state index contributed by atoms with van der Waals surface area (Å²) in [6, 6.07) is 1.87. The molecule has 0 saturated heterocycles. The van der Waals surface area contributed by atoms with Crippen LogP contribution in [0.4, 0.5) is 0 Å². The van der Waals surface area contributed by atoms with Gasteiger partial charge >= 0.3 is 0 Å². The maximum atomic E-state index is 4.84. The van der Waals surface area contributed by atoms with E-state index >= 15 is 0 Å². The normalized spacial score (nSPS) is 15.1. The molecule has 1 aromatic heterocycles. The Morgan fingerprint density at radius 2 is 2.33 bits per heavy atom. The lowest BCUT2D eigenvalue weighted by atomic mass is 9.97. The summed E-state index contributed by atoms with van der Waals surface area (Å²) in [5.41, 5.74) is 2.49. The Bertz CT molecular complexity index is 456. The molecule has 2 rings (SSSR count). The molecule has 0 atom stereocenters. The van der Waals surface area contributed by atoms with Crippen LogP contribution in [0.3, 0.4) is 0 Å². The van der Waals surface area contributed by atoms with Crippen molar-refractivity contribution >= 4 is 29.9 Å². The predicted octanol–water partition coefficient (Wildman–Crippen LogP) is 3.19. The minimum atomic E-state index is 0. The van der Waals surface area contributed by atoms with E-state index in [1.807, 2.05) is 25.1 Å². The van der Waals surface area contributed by atoms with E-state index in [9.17, 15) is 0 Å². The summed E-state index contributed by atoms with van der Waals surface area (Å²) in [4.78, 5) is 6.35. The van der Waals surface area contributed by atoms with Gasteiger partial charge in [0, 0.05) is 26.7 Å². The maximum Gasteiger partial charge on any atom is 0.193 e. The number of aromatic nitrogens is 1. The molecule has 0 radical (unpaired) electrons. The smallest absolute Gasteiger partial charge is 0.193 e. The van der Waals surface area contributed by atoms with Crippen LogP contribution < -0.4 is 5.32 Å². The fourth-order valence-electron chi connectivity index (χ4n) is 2.49. The number of allylic oxidation sites excluding steroid dienone is 1. The second-order valence-corrected chi connectivity index (χ2v) is 5.18. The maximum absolute atomic E-state index is 4.84. The largest absolute Gasteiger partial charge is 0.364 e. The highest BCUT2D eigenvalue weighted by atomic mass is 127. The average Bonchev–Trinajstić information content (AvgIpc) is 2.97. The SMILES string of the molecule is CN=C(NCCC1=CCCCC1)N(C)Cc1ccon1.I. The van der Waals surface area contributed by atoms with Crippen LogP contribution in [0.2, 0.25) is 0 Å². The van der Waals surface area contributed by atoms with E-state index in [0.717, 1.165) is 24.6 Å². The fraction of sp³-hybridized carbons (Fsp3) is 0.600. The summed E-state index contributed by atoms with van der Waals surface area (Å²) in [5.74, 6) is 0.893. The fourth-order valence-corrected chi connectivity index (χ4v) is 2.49. The zero-order chi connectivity index (χ0) is 14.2. The van der Waals surface area contributed by atoms with Gasteiger partial charge in [-0.15, -0.1) is 24.0 Å². The van der Waals surface area contributed by atoms with Crippen LogP contribution in [0.15, 0.2) is 33.5 Å². The second-order valence-electron chi connectivity index (χ2n) is 5.18. The zero-order valence-corrected chi connectivity index (χ0v) is 15.2. The molecule has 0 bridgehead atoms. The lowest BCUT2D eigenvalue weighted by Gasteiger charge is -2.21. The van der Waals surface area contributed by atoms with Crippen LogP contribution in [0.1, 0.15) is 37.8 Å². The molecule has 1 heterocycles. The third-order valence-electron chi connectivity index (χ3n) is 3.58. The average molecular weight is 404 g/mol. The molecular weight excluding hydrogens is 379 g/mol. The molecule has 0 spiro atoms. The van der Waals surface area contributed by atoms with Crippen molar-refractivity contribution < 1.29 is 4.52 Å². The number of aliphatic imine (C=N–C) groups is 1. The van der Waals surface area contributed by atoms with Crippen molar-refractivity contribution in [2.45, 2.75) is 38.6 Å². The lowest BCUT2D eigenvalue weighted by molar-refractivity contribution is 0.391. The summed E-state index contributed by atoms with van der Waals surface area (Å²) in [6.45, 7) is 1.63. The molecule has 5 nitrogen and oxygen atoms in total. The number of halogens is 1. The molecule has 118 valence electrons. The number of hydrogen-bond donors (Lipinski definition) is 1. The first-order valence-electron chi connectivity index (χ1n) is 7.28. The number of nitrogens with one attached hydrogen (secondary N) is 1. The van der Waals surface area contributed by atoms with Crippen LogP contribution in [-0.4, -0.2) is 36.7 Å². The van der Waals surface area contributed by atoms with Crippen molar-refractivity contribution in [2.24, 2.45) is 4.99 Å². The van der Waals surface area contributed by atoms with E-state index in [2.05, 4.69) is 21.5 Å². The number of guanidine groups is 1. The first-order chi connectivity index (χ1) is 9.79. The Labute approximate surface area is 143 Å². The Morgan fingerprint density at radius 1 is 1.48 bits per heavy atom. The van der Waals surface area contributed by atoms with Crippen LogP contribution in [0.25, 0.3) is 0 Å². The number of rotatable bonds is 5. The molecule has 0 saturated carbocycles. The van der Waals surface area contributed by atoms with Gasteiger partial charge in [-0.2, -0.15) is 0 Å². The van der Waals surface area contributed by atoms with Gasteiger partial charge < -0.3 is 14.7 Å². The lowest BCUT2D eigenvalue weighted by Crippen LogP contribution is -2.39. The molecule has 6 heteroatoms. The van der Waals surface area contributed by atoms with E-state index in [0.29, 0.717) is 6.54 Å². The third kappa shape index (κ3) is 6.07. The van der Waals surface area contributed by atoms with Crippen LogP contribution in [0.5, 0.6) is 0 Å². The van der Waals surface area contributed by atoms with Gasteiger partial charge in [0.05, 0.1) is 6.54 Å². The molecule has 0 aliphatic heterocycles. The van der Waals surface area contributed by atoms with E-state index in [4.69, 9.17) is 4.52 Å². The minimum Gasteiger partial charge on any atom is -0.364 e. The molecule has 0 aromatic carbocycles. The predicted molar refractivity (Wildman–Crippen MR) is 95.9 cm³/mol. The molecular formula is C15H25IN4O. The standard InChI is InChI=1S/C15H24N4O.HI/c1-16-15(19(2)12-14-9-11-20-18-14)17-10-8-13-6-4-3-5-7-13;/h6,9,11H,3-5,7-8,10,12H2,1-2H3,(H,16,17);1H. The molecule has 0 unspecified atom stereocenters. The van der Waals surface area contributed by atoms with Crippen LogP contribution in [-0.2, 0) is 6.54 Å². The highest BCUT2D eigenvalue weighted by Crippen LogP contribution is 2.19. The van der Waals surface area contributed by atoms with Crippen molar-refractivity contribution in [2.75, 3.05) is 20.6 Å². The van der Waals surface area contributed by atoms with Gasteiger partial charge in [0.15, 0.2) is 5.96 Å².